The Morgan fingerprint density at radius 1 is 1.41 bits per heavy atom. The second-order valence-corrected chi connectivity index (χ2v) is 5.78. The summed E-state index contributed by atoms with van der Waals surface area (Å²) in [6, 6.07) is 7.07. The van der Waals surface area contributed by atoms with Gasteiger partial charge in [0.15, 0.2) is 0 Å². The standard InChI is InChI=1S/C17H23NO4/c1-3-11(2)16(17(20)21)18-15(19)10-14-13-7-5-4-6-12(13)8-9-22-14/h4-7,11,14,16H,3,8-10H2,1-2H3,(H,18,19)(H,20,21). The zero-order valence-electron chi connectivity index (χ0n) is 13.0. The summed E-state index contributed by atoms with van der Waals surface area (Å²) in [6.07, 6.45) is 1.40. The van der Waals surface area contributed by atoms with Gasteiger partial charge in [-0.25, -0.2) is 4.79 Å². The number of hydrogen-bond acceptors (Lipinski definition) is 3. The molecule has 0 bridgehead atoms. The quantitative estimate of drug-likeness (QED) is 0.845. The Balaban J connectivity index is 2.02. The van der Waals surface area contributed by atoms with E-state index >= 15 is 0 Å². The van der Waals surface area contributed by atoms with Crippen LogP contribution in [0, 0.1) is 5.92 Å². The predicted molar refractivity (Wildman–Crippen MR) is 82.5 cm³/mol. The van der Waals surface area contributed by atoms with Gasteiger partial charge in [-0.3, -0.25) is 4.79 Å². The maximum Gasteiger partial charge on any atom is 0.326 e. The second kappa shape index (κ2) is 7.40. The molecule has 0 aromatic heterocycles. The maximum atomic E-state index is 12.2. The largest absolute Gasteiger partial charge is 0.480 e. The van der Waals surface area contributed by atoms with E-state index in [4.69, 9.17) is 4.74 Å². The number of benzene rings is 1. The normalized spacial score (nSPS) is 19.8. The Hall–Kier alpha value is -1.88. The molecule has 0 aliphatic carbocycles. The summed E-state index contributed by atoms with van der Waals surface area (Å²) in [4.78, 5) is 23.5. The van der Waals surface area contributed by atoms with Gasteiger partial charge in [-0.15, -0.1) is 0 Å². The smallest absolute Gasteiger partial charge is 0.326 e. The van der Waals surface area contributed by atoms with Crippen LogP contribution >= 0.6 is 0 Å². The monoisotopic (exact) mass is 305 g/mol. The van der Waals surface area contributed by atoms with Crippen molar-refractivity contribution >= 4 is 11.9 Å². The van der Waals surface area contributed by atoms with Crippen molar-refractivity contribution < 1.29 is 19.4 Å². The molecule has 1 heterocycles. The average molecular weight is 305 g/mol. The van der Waals surface area contributed by atoms with E-state index in [1.54, 1.807) is 0 Å². The Bertz CT molecular complexity index is 543. The average Bonchev–Trinajstić information content (AvgIpc) is 2.52. The SMILES string of the molecule is CCC(C)C(NC(=O)CC1OCCc2ccccc21)C(=O)O. The summed E-state index contributed by atoms with van der Waals surface area (Å²) in [5.74, 6) is -1.39. The van der Waals surface area contributed by atoms with E-state index < -0.39 is 12.0 Å². The van der Waals surface area contributed by atoms with Gasteiger partial charge < -0.3 is 15.2 Å². The summed E-state index contributed by atoms with van der Waals surface area (Å²) in [6.45, 7) is 4.32. The van der Waals surface area contributed by atoms with Crippen molar-refractivity contribution in [1.82, 2.24) is 5.32 Å². The highest BCUT2D eigenvalue weighted by Gasteiger charge is 2.28. The minimum atomic E-state index is -0.993. The van der Waals surface area contributed by atoms with Gasteiger partial charge in [0, 0.05) is 0 Å². The first-order valence-electron chi connectivity index (χ1n) is 7.74. The van der Waals surface area contributed by atoms with Gasteiger partial charge in [0.25, 0.3) is 0 Å². The van der Waals surface area contributed by atoms with Crippen molar-refractivity contribution in [1.29, 1.82) is 0 Å². The highest BCUT2D eigenvalue weighted by atomic mass is 16.5. The number of carboxylic acid groups (broad SMARTS) is 1. The number of hydrogen-bond donors (Lipinski definition) is 2. The number of rotatable bonds is 6. The van der Waals surface area contributed by atoms with Gasteiger partial charge in [-0.05, 0) is 23.5 Å². The molecule has 120 valence electrons. The van der Waals surface area contributed by atoms with E-state index in [1.807, 2.05) is 38.1 Å². The maximum absolute atomic E-state index is 12.2. The van der Waals surface area contributed by atoms with Crippen LogP contribution in [0.3, 0.4) is 0 Å². The first kappa shape index (κ1) is 16.5. The van der Waals surface area contributed by atoms with Gasteiger partial charge in [-0.1, -0.05) is 44.5 Å². The predicted octanol–water partition coefficient (Wildman–Crippen LogP) is 2.31. The number of carbonyl (C=O) groups excluding carboxylic acids is 1. The van der Waals surface area contributed by atoms with E-state index in [-0.39, 0.29) is 24.3 Å². The summed E-state index contributed by atoms with van der Waals surface area (Å²) in [5.41, 5.74) is 2.22. The van der Waals surface area contributed by atoms with E-state index in [0.717, 1.165) is 12.0 Å². The van der Waals surface area contributed by atoms with E-state index in [0.29, 0.717) is 13.0 Å². The van der Waals surface area contributed by atoms with Crippen molar-refractivity contribution in [3.63, 3.8) is 0 Å². The fourth-order valence-corrected chi connectivity index (χ4v) is 2.73. The first-order valence-corrected chi connectivity index (χ1v) is 7.74. The minimum Gasteiger partial charge on any atom is -0.480 e. The van der Waals surface area contributed by atoms with Gasteiger partial charge in [0.1, 0.15) is 6.04 Å². The molecule has 3 atom stereocenters. The molecule has 1 aromatic rings. The molecule has 1 aliphatic heterocycles. The van der Waals surface area contributed by atoms with Gasteiger partial charge >= 0.3 is 5.97 Å². The van der Waals surface area contributed by atoms with Crippen LogP contribution in [0.2, 0.25) is 0 Å². The number of aliphatic carboxylic acids is 1. The summed E-state index contributed by atoms with van der Waals surface area (Å²) in [7, 11) is 0. The number of nitrogens with one attached hydrogen (secondary N) is 1. The molecular weight excluding hydrogens is 282 g/mol. The Labute approximate surface area is 130 Å². The summed E-state index contributed by atoms with van der Waals surface area (Å²) < 4.78 is 5.70. The molecule has 22 heavy (non-hydrogen) atoms. The van der Waals surface area contributed by atoms with Crippen molar-refractivity contribution in [3.05, 3.63) is 35.4 Å². The zero-order valence-corrected chi connectivity index (χ0v) is 13.0. The fourth-order valence-electron chi connectivity index (χ4n) is 2.73. The molecule has 1 aromatic carbocycles. The molecule has 0 spiro atoms. The van der Waals surface area contributed by atoms with Gasteiger partial charge in [0.05, 0.1) is 19.1 Å². The topological polar surface area (TPSA) is 75.6 Å². The van der Waals surface area contributed by atoms with Crippen LogP contribution in [-0.2, 0) is 20.7 Å². The molecule has 1 amide bonds. The molecule has 0 fully saturated rings. The third kappa shape index (κ3) is 3.85. The number of ether oxygens (including phenoxy) is 1. The lowest BCUT2D eigenvalue weighted by molar-refractivity contribution is -0.143. The third-order valence-electron chi connectivity index (χ3n) is 4.26. The van der Waals surface area contributed by atoms with E-state index in [9.17, 15) is 14.7 Å². The Morgan fingerprint density at radius 3 is 2.82 bits per heavy atom. The Kier molecular flexibility index (Phi) is 5.55. The van der Waals surface area contributed by atoms with Crippen molar-refractivity contribution in [2.45, 2.75) is 45.3 Å². The molecule has 5 nitrogen and oxygen atoms in total. The highest BCUT2D eigenvalue weighted by molar-refractivity contribution is 5.84. The molecule has 2 N–H and O–H groups in total. The van der Waals surface area contributed by atoms with E-state index in [1.165, 1.54) is 5.56 Å². The second-order valence-electron chi connectivity index (χ2n) is 5.78. The van der Waals surface area contributed by atoms with Crippen LogP contribution in [0.5, 0.6) is 0 Å². The van der Waals surface area contributed by atoms with Crippen LogP contribution in [0.15, 0.2) is 24.3 Å². The molecule has 0 saturated carbocycles. The molecule has 2 rings (SSSR count). The first-order chi connectivity index (χ1) is 10.5. The lowest BCUT2D eigenvalue weighted by Gasteiger charge is -2.27. The van der Waals surface area contributed by atoms with Gasteiger partial charge in [0.2, 0.25) is 5.91 Å². The van der Waals surface area contributed by atoms with Crippen molar-refractivity contribution in [2.75, 3.05) is 6.61 Å². The molecular formula is C17H23NO4. The summed E-state index contributed by atoms with van der Waals surface area (Å²) in [5, 5.41) is 11.9. The van der Waals surface area contributed by atoms with Crippen LogP contribution in [0.1, 0.15) is 43.9 Å². The molecule has 0 radical (unpaired) electrons. The molecule has 3 unspecified atom stereocenters. The Morgan fingerprint density at radius 2 is 2.14 bits per heavy atom. The number of amides is 1. The molecule has 0 saturated heterocycles. The van der Waals surface area contributed by atoms with E-state index in [2.05, 4.69) is 5.32 Å². The third-order valence-corrected chi connectivity index (χ3v) is 4.26. The summed E-state index contributed by atoms with van der Waals surface area (Å²) >= 11 is 0. The van der Waals surface area contributed by atoms with Gasteiger partial charge in [-0.2, -0.15) is 0 Å². The highest BCUT2D eigenvalue weighted by Crippen LogP contribution is 2.29. The minimum absolute atomic E-state index is 0.110. The van der Waals surface area contributed by atoms with Crippen LogP contribution in [-0.4, -0.2) is 29.6 Å². The number of fused-ring (bicyclic) bond motifs is 1. The van der Waals surface area contributed by atoms with Crippen molar-refractivity contribution in [3.8, 4) is 0 Å². The van der Waals surface area contributed by atoms with Crippen molar-refractivity contribution in [2.24, 2.45) is 5.92 Å². The van der Waals surface area contributed by atoms with Crippen LogP contribution in [0.25, 0.3) is 0 Å². The molecule has 1 aliphatic rings. The number of carboxylic acids is 1. The fraction of sp³-hybridized carbons (Fsp3) is 0.529. The number of carbonyl (C=O) groups is 2. The van der Waals surface area contributed by atoms with Crippen LogP contribution in [0.4, 0.5) is 0 Å². The van der Waals surface area contributed by atoms with Crippen LogP contribution < -0.4 is 5.32 Å². The lowest BCUT2D eigenvalue weighted by Crippen LogP contribution is -2.45. The molecule has 5 heteroatoms. The lowest BCUT2D eigenvalue weighted by atomic mass is 9.95. The zero-order chi connectivity index (χ0) is 16.1.